The summed E-state index contributed by atoms with van der Waals surface area (Å²) in [5.74, 6) is 0.844. The minimum absolute atomic E-state index is 0.274. The molecular formula is C25H16N2OS. The van der Waals surface area contributed by atoms with Gasteiger partial charge in [-0.05, 0) is 41.5 Å². The number of allylic oxidation sites excluding steroid dienone is 1. The van der Waals surface area contributed by atoms with Crippen LogP contribution in [0, 0.1) is 11.3 Å². The van der Waals surface area contributed by atoms with E-state index >= 15 is 0 Å². The molecular weight excluding hydrogens is 376 g/mol. The molecule has 3 aromatic carbocycles. The van der Waals surface area contributed by atoms with Gasteiger partial charge in [0.05, 0.1) is 15.8 Å². The number of benzene rings is 3. The molecule has 0 spiro atoms. The molecule has 1 aliphatic heterocycles. The molecule has 138 valence electrons. The van der Waals surface area contributed by atoms with Crippen molar-refractivity contribution in [2.45, 2.75) is 6.10 Å². The fourth-order valence-corrected chi connectivity index (χ4v) is 4.39. The van der Waals surface area contributed by atoms with Crippen LogP contribution in [0.25, 0.3) is 21.9 Å². The third-order valence-corrected chi connectivity index (χ3v) is 5.92. The molecule has 0 radical (unpaired) electrons. The predicted molar refractivity (Wildman–Crippen MR) is 117 cm³/mol. The third kappa shape index (κ3) is 3.33. The van der Waals surface area contributed by atoms with Gasteiger partial charge >= 0.3 is 0 Å². The van der Waals surface area contributed by atoms with Gasteiger partial charge in [0, 0.05) is 5.56 Å². The van der Waals surface area contributed by atoms with Crippen LogP contribution in [-0.4, -0.2) is 4.98 Å². The van der Waals surface area contributed by atoms with Gasteiger partial charge in [0.25, 0.3) is 0 Å². The average Bonchev–Trinajstić information content (AvgIpc) is 3.21. The smallest absolute Gasteiger partial charge is 0.149 e. The Hall–Kier alpha value is -3.68. The molecule has 0 N–H and O–H groups in total. The van der Waals surface area contributed by atoms with E-state index in [0.29, 0.717) is 5.57 Å². The minimum atomic E-state index is -0.274. The van der Waals surface area contributed by atoms with Crippen LogP contribution in [-0.2, 0) is 0 Å². The van der Waals surface area contributed by atoms with Gasteiger partial charge in [-0.25, -0.2) is 4.98 Å². The molecule has 29 heavy (non-hydrogen) atoms. The lowest BCUT2D eigenvalue weighted by molar-refractivity contribution is 0.243. The Morgan fingerprint density at radius 3 is 2.55 bits per heavy atom. The topological polar surface area (TPSA) is 45.9 Å². The monoisotopic (exact) mass is 392 g/mol. The maximum atomic E-state index is 9.87. The first kappa shape index (κ1) is 17.4. The minimum Gasteiger partial charge on any atom is -0.480 e. The van der Waals surface area contributed by atoms with E-state index in [9.17, 15) is 5.26 Å². The van der Waals surface area contributed by atoms with Crippen LogP contribution in [0.5, 0.6) is 5.75 Å². The van der Waals surface area contributed by atoms with Crippen LogP contribution in [0.3, 0.4) is 0 Å². The van der Waals surface area contributed by atoms with Crippen molar-refractivity contribution in [3.63, 3.8) is 0 Å². The van der Waals surface area contributed by atoms with E-state index in [1.165, 1.54) is 11.3 Å². The van der Waals surface area contributed by atoms with Gasteiger partial charge in [-0.3, -0.25) is 0 Å². The zero-order valence-electron chi connectivity index (χ0n) is 15.4. The quantitative estimate of drug-likeness (QED) is 0.378. The van der Waals surface area contributed by atoms with Gasteiger partial charge in [0.15, 0.2) is 0 Å². The second-order valence-corrected chi connectivity index (χ2v) is 7.78. The van der Waals surface area contributed by atoms with Gasteiger partial charge in [-0.2, -0.15) is 5.26 Å². The summed E-state index contributed by atoms with van der Waals surface area (Å²) in [5.41, 5.74) is 4.44. The predicted octanol–water partition coefficient (Wildman–Crippen LogP) is 6.42. The Balaban J connectivity index is 1.63. The lowest BCUT2D eigenvalue weighted by Gasteiger charge is -2.26. The number of ether oxygens (including phenoxy) is 1. The van der Waals surface area contributed by atoms with Gasteiger partial charge in [0.1, 0.15) is 22.9 Å². The highest BCUT2D eigenvalue weighted by Gasteiger charge is 2.24. The zero-order chi connectivity index (χ0) is 19.6. The van der Waals surface area contributed by atoms with E-state index < -0.39 is 0 Å². The molecule has 4 heteroatoms. The summed E-state index contributed by atoms with van der Waals surface area (Å²) in [6, 6.07) is 28.3. The Labute approximate surface area is 172 Å². The number of fused-ring (bicyclic) bond motifs is 2. The Bertz CT molecular complexity index is 1260. The summed E-state index contributed by atoms with van der Waals surface area (Å²) in [4.78, 5) is 4.65. The van der Waals surface area contributed by atoms with E-state index in [0.717, 1.165) is 37.7 Å². The molecule has 0 saturated heterocycles. The summed E-state index contributed by atoms with van der Waals surface area (Å²) in [6.07, 6.45) is 3.73. The van der Waals surface area contributed by atoms with Crippen molar-refractivity contribution >= 4 is 33.2 Å². The van der Waals surface area contributed by atoms with Crippen molar-refractivity contribution in [1.29, 1.82) is 5.26 Å². The molecule has 0 aliphatic carbocycles. The van der Waals surface area contributed by atoms with Crippen LogP contribution in [0.4, 0.5) is 0 Å². The fourth-order valence-electron chi connectivity index (χ4n) is 3.46. The first-order valence-corrected chi connectivity index (χ1v) is 10.1. The average molecular weight is 392 g/mol. The zero-order valence-corrected chi connectivity index (χ0v) is 16.3. The van der Waals surface area contributed by atoms with Crippen molar-refractivity contribution in [3.8, 4) is 11.8 Å². The Morgan fingerprint density at radius 2 is 1.72 bits per heavy atom. The molecule has 2 heterocycles. The summed E-state index contributed by atoms with van der Waals surface area (Å²) in [7, 11) is 0. The molecule has 1 unspecified atom stereocenters. The lowest BCUT2D eigenvalue weighted by Crippen LogP contribution is -2.14. The van der Waals surface area contributed by atoms with Crippen molar-refractivity contribution in [2.24, 2.45) is 0 Å². The highest BCUT2D eigenvalue weighted by molar-refractivity contribution is 7.19. The third-order valence-electron chi connectivity index (χ3n) is 4.85. The fraction of sp³-hybridized carbons (Fsp3) is 0.0400. The molecule has 4 aromatic rings. The maximum Gasteiger partial charge on any atom is 0.149 e. The summed E-state index contributed by atoms with van der Waals surface area (Å²) in [6.45, 7) is 0. The van der Waals surface area contributed by atoms with Crippen LogP contribution < -0.4 is 4.74 Å². The molecule has 1 aliphatic rings. The largest absolute Gasteiger partial charge is 0.480 e. The number of nitriles is 1. The van der Waals surface area contributed by atoms with Crippen molar-refractivity contribution in [1.82, 2.24) is 4.98 Å². The second kappa shape index (κ2) is 7.38. The van der Waals surface area contributed by atoms with Crippen LogP contribution >= 0.6 is 11.3 Å². The van der Waals surface area contributed by atoms with E-state index in [4.69, 9.17) is 4.74 Å². The highest BCUT2D eigenvalue weighted by atomic mass is 32.1. The van der Waals surface area contributed by atoms with Crippen LogP contribution in [0.1, 0.15) is 22.2 Å². The molecule has 0 amide bonds. The van der Waals surface area contributed by atoms with Crippen molar-refractivity contribution in [2.75, 3.05) is 0 Å². The molecule has 5 rings (SSSR count). The molecule has 3 nitrogen and oxygen atoms in total. The normalized spacial score (nSPS) is 15.9. The second-order valence-electron chi connectivity index (χ2n) is 6.75. The number of hydrogen-bond acceptors (Lipinski definition) is 4. The number of hydrogen-bond donors (Lipinski definition) is 0. The van der Waals surface area contributed by atoms with E-state index in [-0.39, 0.29) is 6.10 Å². The van der Waals surface area contributed by atoms with Gasteiger partial charge in [0.2, 0.25) is 0 Å². The highest BCUT2D eigenvalue weighted by Crippen LogP contribution is 2.39. The number of aromatic nitrogens is 1. The summed E-state index contributed by atoms with van der Waals surface area (Å²) in [5, 5.41) is 10.6. The van der Waals surface area contributed by atoms with E-state index in [1.807, 2.05) is 84.9 Å². The van der Waals surface area contributed by atoms with Gasteiger partial charge < -0.3 is 4.74 Å². The molecule has 1 atom stereocenters. The lowest BCUT2D eigenvalue weighted by atomic mass is 9.94. The number of thiazole rings is 1. The van der Waals surface area contributed by atoms with Crippen LogP contribution in [0.15, 0.2) is 90.5 Å². The number of nitrogens with zero attached hydrogens (tertiary/aromatic N) is 2. The Kier molecular flexibility index (Phi) is 4.44. The van der Waals surface area contributed by atoms with Crippen molar-refractivity contribution in [3.05, 3.63) is 107 Å². The van der Waals surface area contributed by atoms with Crippen LogP contribution in [0.2, 0.25) is 0 Å². The number of rotatable bonds is 3. The first-order valence-electron chi connectivity index (χ1n) is 9.32. The van der Waals surface area contributed by atoms with E-state index in [2.05, 4.69) is 17.1 Å². The molecule has 0 bridgehead atoms. The van der Waals surface area contributed by atoms with Gasteiger partial charge in [-0.1, -0.05) is 60.7 Å². The molecule has 1 aromatic heterocycles. The SMILES string of the molecule is N#CC(=CC1=Cc2ccccc2OC1c1ccccc1)c1nc2ccccc2s1. The maximum absolute atomic E-state index is 9.87. The standard InChI is InChI=1S/C25H16N2OS/c26-16-20(25-27-21-11-5-7-13-23(21)29-25)15-19-14-18-10-4-6-12-22(18)28-24(19)17-8-2-1-3-9-17/h1-15,24H. The molecule has 0 fully saturated rings. The summed E-state index contributed by atoms with van der Waals surface area (Å²) >= 11 is 1.53. The molecule has 0 saturated carbocycles. The van der Waals surface area contributed by atoms with Crippen molar-refractivity contribution < 1.29 is 4.74 Å². The first-order chi connectivity index (χ1) is 14.3. The Morgan fingerprint density at radius 1 is 0.966 bits per heavy atom. The van der Waals surface area contributed by atoms with Gasteiger partial charge in [-0.15, -0.1) is 11.3 Å². The number of para-hydroxylation sites is 2. The van der Waals surface area contributed by atoms with E-state index in [1.54, 1.807) is 0 Å². The summed E-state index contributed by atoms with van der Waals surface area (Å²) < 4.78 is 7.40.